The van der Waals surface area contributed by atoms with Crippen LogP contribution in [0.4, 0.5) is 4.79 Å². The van der Waals surface area contributed by atoms with Crippen molar-refractivity contribution in [3.05, 3.63) is 36.0 Å². The van der Waals surface area contributed by atoms with Gasteiger partial charge in [0.25, 0.3) is 0 Å². The Morgan fingerprint density at radius 3 is 2.67 bits per heavy atom. The molecule has 0 radical (unpaired) electrons. The number of ether oxygens (including phenoxy) is 1. The van der Waals surface area contributed by atoms with Gasteiger partial charge in [-0.2, -0.15) is 0 Å². The molecule has 0 spiro atoms. The smallest absolute Gasteiger partial charge is 0.411 e. The van der Waals surface area contributed by atoms with Crippen LogP contribution in [0.5, 0.6) is 0 Å². The number of hydrogen-bond donors (Lipinski definition) is 2. The van der Waals surface area contributed by atoms with E-state index < -0.39 is 29.7 Å². The summed E-state index contributed by atoms with van der Waals surface area (Å²) < 4.78 is 5.58. The van der Waals surface area contributed by atoms with Gasteiger partial charge in [-0.25, -0.2) is 9.59 Å². The predicted octanol–water partition coefficient (Wildman–Crippen LogP) is 2.77. The Hall–Kier alpha value is -3.03. The molecular formula is C22H27N3O5. The molecule has 3 atom stereocenters. The molecule has 30 heavy (non-hydrogen) atoms. The second-order valence-corrected chi connectivity index (χ2v) is 9.04. The minimum absolute atomic E-state index is 0.275. The number of carboxylic acid groups (broad SMARTS) is 1. The highest BCUT2D eigenvalue weighted by molar-refractivity contribution is 5.92. The van der Waals surface area contributed by atoms with E-state index in [1.807, 2.05) is 30.5 Å². The number of hydrogen-bond acceptors (Lipinski definition) is 4. The summed E-state index contributed by atoms with van der Waals surface area (Å²) in [4.78, 5) is 44.3. The molecule has 3 heterocycles. The molecule has 2 aliphatic rings. The first kappa shape index (κ1) is 20.3. The van der Waals surface area contributed by atoms with E-state index in [9.17, 15) is 19.5 Å². The van der Waals surface area contributed by atoms with E-state index in [-0.39, 0.29) is 24.9 Å². The quantitative estimate of drug-likeness (QED) is 0.805. The van der Waals surface area contributed by atoms with Crippen LogP contribution in [-0.4, -0.2) is 68.1 Å². The summed E-state index contributed by atoms with van der Waals surface area (Å²) in [5.74, 6) is -1.32. The van der Waals surface area contributed by atoms with Gasteiger partial charge in [0.1, 0.15) is 17.7 Å². The van der Waals surface area contributed by atoms with E-state index in [1.54, 1.807) is 20.8 Å². The molecule has 0 saturated carbocycles. The van der Waals surface area contributed by atoms with Crippen LogP contribution in [0.25, 0.3) is 10.9 Å². The van der Waals surface area contributed by atoms with Gasteiger partial charge in [-0.1, -0.05) is 18.2 Å². The summed E-state index contributed by atoms with van der Waals surface area (Å²) in [6, 6.07) is 5.81. The first-order valence-electron chi connectivity index (χ1n) is 10.3. The number of benzene rings is 1. The Balaban J connectivity index is 1.68. The van der Waals surface area contributed by atoms with Crippen LogP contribution in [0.2, 0.25) is 0 Å². The average Bonchev–Trinajstić information content (AvgIpc) is 3.27. The summed E-state index contributed by atoms with van der Waals surface area (Å²) in [6.45, 7) is 5.63. The van der Waals surface area contributed by atoms with Crippen LogP contribution >= 0.6 is 0 Å². The van der Waals surface area contributed by atoms with Crippen molar-refractivity contribution in [2.75, 3.05) is 6.54 Å². The highest BCUT2D eigenvalue weighted by Crippen LogP contribution is 2.33. The van der Waals surface area contributed by atoms with Gasteiger partial charge in [0.2, 0.25) is 5.91 Å². The van der Waals surface area contributed by atoms with Gasteiger partial charge in [0.15, 0.2) is 0 Å². The summed E-state index contributed by atoms with van der Waals surface area (Å²) in [7, 11) is 0. The first-order chi connectivity index (χ1) is 14.2. The lowest BCUT2D eigenvalue weighted by atomic mass is 9.98. The maximum Gasteiger partial charge on any atom is 0.411 e. The number of nitrogens with zero attached hydrogens (tertiary/aromatic N) is 2. The summed E-state index contributed by atoms with van der Waals surface area (Å²) in [5, 5.41) is 10.6. The number of H-pyrrole nitrogens is 1. The largest absolute Gasteiger partial charge is 0.480 e. The number of fused-ring (bicyclic) bond motifs is 2. The highest BCUT2D eigenvalue weighted by atomic mass is 16.6. The van der Waals surface area contributed by atoms with E-state index in [4.69, 9.17) is 4.74 Å². The minimum atomic E-state index is -0.998. The van der Waals surface area contributed by atoms with E-state index >= 15 is 0 Å². The number of aromatic amines is 1. The number of aromatic nitrogens is 1. The second kappa shape index (κ2) is 7.34. The van der Waals surface area contributed by atoms with Crippen molar-refractivity contribution in [1.29, 1.82) is 0 Å². The normalized spacial score (nSPS) is 24.2. The molecule has 2 amide bonds. The van der Waals surface area contributed by atoms with Crippen LogP contribution in [0.15, 0.2) is 30.5 Å². The number of carboxylic acids is 1. The fourth-order valence-corrected chi connectivity index (χ4v) is 4.53. The molecule has 0 bridgehead atoms. The molecular weight excluding hydrogens is 386 g/mol. The summed E-state index contributed by atoms with van der Waals surface area (Å²) in [5.41, 5.74) is 1.16. The maximum atomic E-state index is 13.5. The standard InChI is InChI=1S/C22H27N3O5/c1-22(2,3)30-21(29)24-12-14-8-9-17(20(27)28)25(14)19(26)18(24)10-13-11-23-16-7-5-4-6-15(13)16/h4-7,11,14,17-18,23H,8-10,12H2,1-3H3,(H,27,28)/t14-,17-,18+/m0/s1. The lowest BCUT2D eigenvalue weighted by Crippen LogP contribution is -2.64. The van der Waals surface area contributed by atoms with Crippen molar-refractivity contribution in [3.63, 3.8) is 0 Å². The van der Waals surface area contributed by atoms with Crippen molar-refractivity contribution >= 4 is 28.9 Å². The van der Waals surface area contributed by atoms with Crippen LogP contribution in [0.1, 0.15) is 39.2 Å². The fraction of sp³-hybridized carbons (Fsp3) is 0.500. The third-order valence-corrected chi connectivity index (χ3v) is 5.83. The number of carbonyl (C=O) groups excluding carboxylic acids is 2. The number of rotatable bonds is 3. The molecule has 2 saturated heterocycles. The van der Waals surface area contributed by atoms with Crippen LogP contribution < -0.4 is 0 Å². The number of nitrogens with one attached hydrogen (secondary N) is 1. The van der Waals surface area contributed by atoms with Crippen molar-refractivity contribution in [3.8, 4) is 0 Å². The molecule has 2 aliphatic heterocycles. The zero-order valence-electron chi connectivity index (χ0n) is 17.4. The maximum absolute atomic E-state index is 13.5. The SMILES string of the molecule is CC(C)(C)OC(=O)N1C[C@@H]2CC[C@@H](C(=O)O)N2C(=O)[C@H]1Cc1c[nH]c2ccccc12. The molecule has 8 heteroatoms. The van der Waals surface area contributed by atoms with Crippen molar-refractivity contribution in [2.24, 2.45) is 0 Å². The van der Waals surface area contributed by atoms with Crippen LogP contribution in [0.3, 0.4) is 0 Å². The zero-order valence-corrected chi connectivity index (χ0v) is 17.4. The highest BCUT2D eigenvalue weighted by Gasteiger charge is 2.50. The van der Waals surface area contributed by atoms with Crippen LogP contribution in [-0.2, 0) is 20.7 Å². The van der Waals surface area contributed by atoms with Gasteiger partial charge in [-0.05, 0) is 45.2 Å². The topological polar surface area (TPSA) is 103 Å². The Kier molecular flexibility index (Phi) is 4.95. The third-order valence-electron chi connectivity index (χ3n) is 5.83. The second-order valence-electron chi connectivity index (χ2n) is 9.04. The predicted molar refractivity (Wildman–Crippen MR) is 110 cm³/mol. The lowest BCUT2D eigenvalue weighted by molar-refractivity contribution is -0.155. The lowest BCUT2D eigenvalue weighted by Gasteiger charge is -2.44. The molecule has 0 unspecified atom stereocenters. The molecule has 2 N–H and O–H groups in total. The summed E-state index contributed by atoms with van der Waals surface area (Å²) >= 11 is 0. The number of aliphatic carboxylic acids is 1. The third kappa shape index (κ3) is 3.62. The van der Waals surface area contributed by atoms with Crippen molar-refractivity contribution in [2.45, 2.75) is 63.8 Å². The van der Waals surface area contributed by atoms with Crippen molar-refractivity contribution < 1.29 is 24.2 Å². The van der Waals surface area contributed by atoms with Gasteiger partial charge in [-0.15, -0.1) is 0 Å². The van der Waals surface area contributed by atoms with E-state index in [1.165, 1.54) is 9.80 Å². The first-order valence-corrected chi connectivity index (χ1v) is 10.3. The van der Waals surface area contributed by atoms with Gasteiger partial charge in [0.05, 0.1) is 6.04 Å². The molecule has 8 nitrogen and oxygen atoms in total. The molecule has 2 aromatic rings. The zero-order chi connectivity index (χ0) is 21.6. The Labute approximate surface area is 174 Å². The van der Waals surface area contributed by atoms with Gasteiger partial charge >= 0.3 is 12.1 Å². The van der Waals surface area contributed by atoms with Crippen molar-refractivity contribution in [1.82, 2.24) is 14.8 Å². The monoisotopic (exact) mass is 413 g/mol. The Morgan fingerprint density at radius 1 is 1.23 bits per heavy atom. The number of piperazine rings is 1. The molecule has 160 valence electrons. The molecule has 1 aromatic heterocycles. The van der Waals surface area contributed by atoms with E-state index in [0.29, 0.717) is 12.8 Å². The van der Waals surface area contributed by atoms with Crippen LogP contribution in [0, 0.1) is 0 Å². The number of carbonyl (C=O) groups is 3. The number of para-hydroxylation sites is 1. The summed E-state index contributed by atoms with van der Waals surface area (Å²) in [6.07, 6.45) is 2.54. The molecule has 0 aliphatic carbocycles. The van der Waals surface area contributed by atoms with E-state index in [2.05, 4.69) is 4.98 Å². The van der Waals surface area contributed by atoms with Gasteiger partial charge in [0, 0.05) is 30.1 Å². The Morgan fingerprint density at radius 2 is 1.97 bits per heavy atom. The average molecular weight is 413 g/mol. The molecule has 2 fully saturated rings. The Bertz CT molecular complexity index is 992. The minimum Gasteiger partial charge on any atom is -0.480 e. The van der Waals surface area contributed by atoms with E-state index in [0.717, 1.165) is 16.5 Å². The van der Waals surface area contributed by atoms with Gasteiger partial charge < -0.3 is 19.7 Å². The number of amides is 2. The van der Waals surface area contributed by atoms with Gasteiger partial charge in [-0.3, -0.25) is 9.69 Å². The fourth-order valence-electron chi connectivity index (χ4n) is 4.53. The molecule has 4 rings (SSSR count). The molecule has 1 aromatic carbocycles.